The molecule has 0 saturated heterocycles. The maximum Gasteiger partial charge on any atom is 0.255 e. The topological polar surface area (TPSA) is 74.8 Å². The number of rotatable bonds is 3. The standard InChI is InChI=1S/C22H25N5O/c1-22(2,3)17-6-4-15(5-7-17)12-27-9-8-19-18(13-27)21(28)26-20(25-19)16-10-23-14-24-11-16/h4-7,10-11,14H,8-9,12-13H2,1-3H3,(H,25,26,28). The minimum Gasteiger partial charge on any atom is -0.306 e. The summed E-state index contributed by atoms with van der Waals surface area (Å²) in [6, 6.07) is 8.79. The number of benzene rings is 1. The molecule has 0 saturated carbocycles. The summed E-state index contributed by atoms with van der Waals surface area (Å²) in [4.78, 5) is 30.5. The van der Waals surface area contributed by atoms with E-state index in [4.69, 9.17) is 0 Å². The van der Waals surface area contributed by atoms with Crippen molar-refractivity contribution in [1.82, 2.24) is 24.8 Å². The van der Waals surface area contributed by atoms with Crippen LogP contribution in [0.25, 0.3) is 11.4 Å². The van der Waals surface area contributed by atoms with E-state index < -0.39 is 0 Å². The van der Waals surface area contributed by atoms with Crippen molar-refractivity contribution < 1.29 is 0 Å². The van der Waals surface area contributed by atoms with Gasteiger partial charge in [-0.1, -0.05) is 45.0 Å². The van der Waals surface area contributed by atoms with Gasteiger partial charge < -0.3 is 4.98 Å². The van der Waals surface area contributed by atoms with Crippen molar-refractivity contribution in [2.75, 3.05) is 6.54 Å². The molecule has 0 amide bonds. The molecule has 1 aromatic carbocycles. The molecule has 28 heavy (non-hydrogen) atoms. The lowest BCUT2D eigenvalue weighted by Crippen LogP contribution is -2.35. The van der Waals surface area contributed by atoms with Gasteiger partial charge in [-0.2, -0.15) is 0 Å². The van der Waals surface area contributed by atoms with Gasteiger partial charge in [0.05, 0.1) is 16.8 Å². The van der Waals surface area contributed by atoms with Crippen molar-refractivity contribution in [2.45, 2.75) is 45.7 Å². The Morgan fingerprint density at radius 2 is 1.82 bits per heavy atom. The largest absolute Gasteiger partial charge is 0.306 e. The summed E-state index contributed by atoms with van der Waals surface area (Å²) in [7, 11) is 0. The minimum absolute atomic E-state index is 0.0726. The SMILES string of the molecule is CC(C)(C)c1ccc(CN2CCc3nc(-c4cncnc4)[nH]c(=O)c3C2)cc1. The molecule has 3 heterocycles. The number of nitrogens with one attached hydrogen (secondary N) is 1. The molecule has 1 aliphatic heterocycles. The van der Waals surface area contributed by atoms with Gasteiger partial charge in [-0.15, -0.1) is 0 Å². The highest BCUT2D eigenvalue weighted by molar-refractivity contribution is 5.52. The second kappa shape index (κ2) is 7.28. The second-order valence-electron chi connectivity index (χ2n) is 8.37. The van der Waals surface area contributed by atoms with Gasteiger partial charge in [-0.05, 0) is 16.5 Å². The fourth-order valence-corrected chi connectivity index (χ4v) is 3.54. The molecule has 0 radical (unpaired) electrons. The van der Waals surface area contributed by atoms with E-state index in [-0.39, 0.29) is 11.0 Å². The normalized spacial score (nSPS) is 14.7. The predicted molar refractivity (Wildman–Crippen MR) is 109 cm³/mol. The van der Waals surface area contributed by atoms with E-state index in [1.807, 2.05) is 0 Å². The molecule has 0 aliphatic carbocycles. The van der Waals surface area contributed by atoms with E-state index >= 15 is 0 Å². The smallest absolute Gasteiger partial charge is 0.255 e. The summed E-state index contributed by atoms with van der Waals surface area (Å²) in [5.41, 5.74) is 5.04. The van der Waals surface area contributed by atoms with Crippen LogP contribution in [-0.4, -0.2) is 31.4 Å². The molecule has 6 heteroatoms. The van der Waals surface area contributed by atoms with Crippen LogP contribution in [0.1, 0.15) is 43.2 Å². The first-order chi connectivity index (χ1) is 13.4. The first-order valence-electron chi connectivity index (χ1n) is 9.59. The van der Waals surface area contributed by atoms with Crippen LogP contribution in [-0.2, 0) is 24.9 Å². The summed E-state index contributed by atoms with van der Waals surface area (Å²) in [6.07, 6.45) is 5.55. The fourth-order valence-electron chi connectivity index (χ4n) is 3.54. The van der Waals surface area contributed by atoms with Gasteiger partial charge in [0.1, 0.15) is 12.2 Å². The number of H-pyrrole nitrogens is 1. The Balaban J connectivity index is 1.51. The lowest BCUT2D eigenvalue weighted by molar-refractivity contribution is 0.242. The highest BCUT2D eigenvalue weighted by Crippen LogP contribution is 2.23. The number of aromatic nitrogens is 4. The maximum absolute atomic E-state index is 12.6. The molecule has 4 rings (SSSR count). The van der Waals surface area contributed by atoms with Crippen molar-refractivity contribution in [2.24, 2.45) is 0 Å². The second-order valence-corrected chi connectivity index (χ2v) is 8.37. The van der Waals surface area contributed by atoms with Gasteiger partial charge in [0.15, 0.2) is 0 Å². The van der Waals surface area contributed by atoms with E-state index in [0.717, 1.165) is 36.3 Å². The third-order valence-electron chi connectivity index (χ3n) is 5.21. The molecule has 0 fully saturated rings. The quantitative estimate of drug-likeness (QED) is 0.761. The molecular weight excluding hydrogens is 350 g/mol. The summed E-state index contributed by atoms with van der Waals surface area (Å²) in [5, 5.41) is 0. The first-order valence-corrected chi connectivity index (χ1v) is 9.59. The van der Waals surface area contributed by atoms with Gasteiger partial charge in [0, 0.05) is 38.4 Å². The maximum atomic E-state index is 12.6. The van der Waals surface area contributed by atoms with Crippen LogP contribution in [0.4, 0.5) is 0 Å². The summed E-state index contributed by atoms with van der Waals surface area (Å²) < 4.78 is 0. The first kappa shape index (κ1) is 18.5. The molecule has 1 aliphatic rings. The lowest BCUT2D eigenvalue weighted by atomic mass is 9.86. The summed E-state index contributed by atoms with van der Waals surface area (Å²) in [6.45, 7) is 8.99. The van der Waals surface area contributed by atoms with Crippen molar-refractivity contribution in [3.05, 3.63) is 75.7 Å². The van der Waals surface area contributed by atoms with Gasteiger partial charge >= 0.3 is 0 Å². The highest BCUT2D eigenvalue weighted by Gasteiger charge is 2.22. The zero-order valence-electron chi connectivity index (χ0n) is 16.6. The van der Waals surface area contributed by atoms with Crippen LogP contribution in [0.2, 0.25) is 0 Å². The average Bonchev–Trinajstić information content (AvgIpc) is 2.69. The van der Waals surface area contributed by atoms with Crippen molar-refractivity contribution in [1.29, 1.82) is 0 Å². The molecule has 6 nitrogen and oxygen atoms in total. The molecule has 3 aromatic rings. The van der Waals surface area contributed by atoms with Crippen LogP contribution in [0, 0.1) is 0 Å². The van der Waals surface area contributed by atoms with Crippen molar-refractivity contribution >= 4 is 0 Å². The van der Waals surface area contributed by atoms with Crippen LogP contribution >= 0.6 is 0 Å². The summed E-state index contributed by atoms with van der Waals surface area (Å²) >= 11 is 0. The number of nitrogens with zero attached hydrogens (tertiary/aromatic N) is 4. The monoisotopic (exact) mass is 375 g/mol. The van der Waals surface area contributed by atoms with E-state index in [1.54, 1.807) is 12.4 Å². The zero-order valence-corrected chi connectivity index (χ0v) is 16.6. The van der Waals surface area contributed by atoms with Crippen LogP contribution < -0.4 is 5.56 Å². The van der Waals surface area contributed by atoms with Crippen molar-refractivity contribution in [3.63, 3.8) is 0 Å². The van der Waals surface area contributed by atoms with E-state index in [0.29, 0.717) is 12.4 Å². The van der Waals surface area contributed by atoms with E-state index in [9.17, 15) is 4.79 Å². The predicted octanol–water partition coefficient (Wildman–Crippen LogP) is 3.08. The Labute approximate surface area is 164 Å². The van der Waals surface area contributed by atoms with Gasteiger partial charge in [-0.3, -0.25) is 9.69 Å². The van der Waals surface area contributed by atoms with Crippen molar-refractivity contribution in [3.8, 4) is 11.4 Å². The van der Waals surface area contributed by atoms with E-state index in [2.05, 4.69) is 69.9 Å². The van der Waals surface area contributed by atoms with Gasteiger partial charge in [0.25, 0.3) is 5.56 Å². The van der Waals surface area contributed by atoms with Crippen LogP contribution in [0.3, 0.4) is 0 Å². The molecule has 0 unspecified atom stereocenters. The summed E-state index contributed by atoms with van der Waals surface area (Å²) in [5.74, 6) is 0.538. The van der Waals surface area contributed by atoms with Crippen LogP contribution in [0.5, 0.6) is 0 Å². The Bertz CT molecular complexity index is 1020. The van der Waals surface area contributed by atoms with Crippen LogP contribution in [0.15, 0.2) is 47.8 Å². The molecule has 0 bridgehead atoms. The Hall–Kier alpha value is -2.86. The third kappa shape index (κ3) is 3.87. The Kier molecular flexibility index (Phi) is 4.81. The molecule has 2 aromatic heterocycles. The number of hydrogen-bond acceptors (Lipinski definition) is 5. The zero-order chi connectivity index (χ0) is 19.7. The number of aromatic amines is 1. The molecular formula is C22H25N5O. The number of hydrogen-bond donors (Lipinski definition) is 1. The van der Waals surface area contributed by atoms with E-state index in [1.165, 1.54) is 17.5 Å². The van der Waals surface area contributed by atoms with Gasteiger partial charge in [-0.25, -0.2) is 15.0 Å². The highest BCUT2D eigenvalue weighted by atomic mass is 16.1. The molecule has 144 valence electrons. The minimum atomic E-state index is -0.0726. The molecule has 0 spiro atoms. The average molecular weight is 375 g/mol. The molecule has 1 N–H and O–H groups in total. The van der Waals surface area contributed by atoms with Gasteiger partial charge in [0.2, 0.25) is 0 Å². The lowest BCUT2D eigenvalue weighted by Gasteiger charge is -2.28. The Morgan fingerprint density at radius 1 is 1.11 bits per heavy atom. The number of fused-ring (bicyclic) bond motifs is 1. The third-order valence-corrected chi connectivity index (χ3v) is 5.21. The Morgan fingerprint density at radius 3 is 2.50 bits per heavy atom. The molecule has 0 atom stereocenters. The fraction of sp³-hybridized carbons (Fsp3) is 0.364.